The van der Waals surface area contributed by atoms with Gasteiger partial charge in [-0.05, 0) is 71.4 Å². The first-order valence-electron chi connectivity index (χ1n) is 10.4. The van der Waals surface area contributed by atoms with Crippen molar-refractivity contribution in [1.82, 2.24) is 9.55 Å². The predicted molar refractivity (Wildman–Crippen MR) is 116 cm³/mol. The van der Waals surface area contributed by atoms with E-state index in [2.05, 4.69) is 74.5 Å². The van der Waals surface area contributed by atoms with Crippen LogP contribution in [-0.2, 0) is 6.42 Å². The Hall–Kier alpha value is -2.29. The van der Waals surface area contributed by atoms with Gasteiger partial charge in [-0.15, -0.1) is 0 Å². The molecule has 0 spiro atoms. The van der Waals surface area contributed by atoms with Crippen LogP contribution >= 0.6 is 0 Å². The zero-order valence-corrected chi connectivity index (χ0v) is 18.0. The van der Waals surface area contributed by atoms with Gasteiger partial charge in [-0.3, -0.25) is 4.57 Å². The summed E-state index contributed by atoms with van der Waals surface area (Å²) >= 11 is 0. The van der Waals surface area contributed by atoms with Crippen LogP contribution in [0.2, 0.25) is 0 Å². The summed E-state index contributed by atoms with van der Waals surface area (Å²) in [6.07, 6.45) is 4.30. The smallest absolute Gasteiger partial charge is 0.143 e. The quantitative estimate of drug-likeness (QED) is 0.530. The molecule has 0 bridgehead atoms. The fourth-order valence-corrected chi connectivity index (χ4v) is 5.18. The highest BCUT2D eigenvalue weighted by Crippen LogP contribution is 2.51. The van der Waals surface area contributed by atoms with E-state index >= 15 is 0 Å². The van der Waals surface area contributed by atoms with Crippen molar-refractivity contribution in [3.8, 4) is 11.4 Å². The monoisotopic (exact) mass is 376 g/mol. The van der Waals surface area contributed by atoms with E-state index in [0.717, 1.165) is 28.9 Å². The summed E-state index contributed by atoms with van der Waals surface area (Å²) in [6.45, 7) is 11.9. The van der Waals surface area contributed by atoms with Crippen LogP contribution in [0.1, 0.15) is 58.1 Å². The lowest BCUT2D eigenvalue weighted by Gasteiger charge is -2.44. The highest BCUT2D eigenvalue weighted by atomic mass is 16.5. The van der Waals surface area contributed by atoms with E-state index < -0.39 is 0 Å². The van der Waals surface area contributed by atoms with E-state index in [1.807, 2.05) is 12.4 Å². The van der Waals surface area contributed by atoms with E-state index in [1.54, 1.807) is 7.11 Å². The number of fused-ring (bicyclic) bond motifs is 2. The van der Waals surface area contributed by atoms with E-state index in [0.29, 0.717) is 17.8 Å². The Morgan fingerprint density at radius 1 is 1.14 bits per heavy atom. The van der Waals surface area contributed by atoms with Crippen molar-refractivity contribution in [2.75, 3.05) is 7.11 Å². The molecule has 4 rings (SSSR count). The first-order chi connectivity index (χ1) is 13.3. The minimum atomic E-state index is 0.221. The Labute approximate surface area is 168 Å². The van der Waals surface area contributed by atoms with Gasteiger partial charge in [0, 0.05) is 0 Å². The third-order valence-electron chi connectivity index (χ3n) is 6.45. The molecule has 0 radical (unpaired) electrons. The van der Waals surface area contributed by atoms with E-state index in [-0.39, 0.29) is 5.41 Å². The van der Waals surface area contributed by atoms with Crippen LogP contribution in [0.4, 0.5) is 0 Å². The lowest BCUT2D eigenvalue weighted by molar-refractivity contribution is 0.169. The molecule has 0 saturated heterocycles. The number of nitrogens with zero attached hydrogens (tertiary/aromatic N) is 2. The molecule has 2 unspecified atom stereocenters. The van der Waals surface area contributed by atoms with Crippen molar-refractivity contribution in [2.24, 2.45) is 17.3 Å². The van der Waals surface area contributed by atoms with Gasteiger partial charge in [0.1, 0.15) is 12.1 Å². The van der Waals surface area contributed by atoms with Gasteiger partial charge in [0.05, 0.1) is 23.8 Å². The van der Waals surface area contributed by atoms with Gasteiger partial charge < -0.3 is 4.74 Å². The van der Waals surface area contributed by atoms with Crippen LogP contribution in [0, 0.1) is 17.3 Å². The van der Waals surface area contributed by atoms with E-state index in [4.69, 9.17) is 4.74 Å². The Balaban J connectivity index is 1.90. The zero-order valence-electron chi connectivity index (χ0n) is 18.0. The number of imidazole rings is 1. The minimum absolute atomic E-state index is 0.221. The van der Waals surface area contributed by atoms with E-state index in [9.17, 15) is 0 Å². The number of ether oxygens (including phenoxy) is 1. The number of hydrogen-bond donors (Lipinski definition) is 0. The highest BCUT2D eigenvalue weighted by molar-refractivity contribution is 5.78. The number of methoxy groups -OCH3 is 1. The molecule has 148 valence electrons. The molecule has 0 aliphatic heterocycles. The van der Waals surface area contributed by atoms with Gasteiger partial charge in [0.25, 0.3) is 0 Å². The number of hydrogen-bond acceptors (Lipinski definition) is 2. The molecule has 3 heteroatoms. The molecule has 0 saturated carbocycles. The molecule has 0 N–H and O–H groups in total. The van der Waals surface area contributed by atoms with Crippen molar-refractivity contribution in [3.63, 3.8) is 0 Å². The second-order valence-electron chi connectivity index (χ2n) is 9.62. The minimum Gasteiger partial charge on any atom is -0.495 e. The number of rotatable bonds is 3. The molecule has 2 aromatic carbocycles. The van der Waals surface area contributed by atoms with Gasteiger partial charge in [-0.2, -0.15) is 0 Å². The molecular weight excluding hydrogens is 344 g/mol. The SMILES string of the molecule is COc1cc2c(cc1-n1cnc3ccccc31)CCC(C(C)C)C2C(C)(C)C. The molecule has 3 nitrogen and oxygen atoms in total. The molecule has 1 heterocycles. The first-order valence-corrected chi connectivity index (χ1v) is 10.4. The van der Waals surface area contributed by atoms with Crippen LogP contribution < -0.4 is 4.74 Å². The highest BCUT2D eigenvalue weighted by Gasteiger charge is 2.39. The second kappa shape index (κ2) is 6.95. The fraction of sp³-hybridized carbons (Fsp3) is 0.480. The zero-order chi connectivity index (χ0) is 20.1. The van der Waals surface area contributed by atoms with Gasteiger partial charge >= 0.3 is 0 Å². The summed E-state index contributed by atoms with van der Waals surface area (Å²) in [5.74, 6) is 2.86. The van der Waals surface area contributed by atoms with Gasteiger partial charge in [0.2, 0.25) is 0 Å². The maximum atomic E-state index is 5.89. The van der Waals surface area contributed by atoms with Gasteiger partial charge in [-0.1, -0.05) is 46.8 Å². The number of benzene rings is 2. The van der Waals surface area contributed by atoms with Crippen LogP contribution in [-0.4, -0.2) is 16.7 Å². The summed E-state index contributed by atoms with van der Waals surface area (Å²) in [4.78, 5) is 4.58. The second-order valence-corrected chi connectivity index (χ2v) is 9.62. The van der Waals surface area contributed by atoms with Crippen LogP contribution in [0.3, 0.4) is 0 Å². The molecule has 1 aromatic heterocycles. The van der Waals surface area contributed by atoms with Crippen LogP contribution in [0.5, 0.6) is 5.75 Å². The normalized spacial score (nSPS) is 19.8. The van der Waals surface area contributed by atoms with Crippen LogP contribution in [0.15, 0.2) is 42.7 Å². The van der Waals surface area contributed by atoms with Crippen molar-refractivity contribution in [1.29, 1.82) is 0 Å². The average Bonchev–Trinajstić information content (AvgIpc) is 3.09. The summed E-state index contributed by atoms with van der Waals surface area (Å²) in [7, 11) is 1.78. The predicted octanol–water partition coefficient (Wildman–Crippen LogP) is 6.38. The van der Waals surface area contributed by atoms with Crippen LogP contribution in [0.25, 0.3) is 16.7 Å². The summed E-state index contributed by atoms with van der Waals surface area (Å²) in [6, 6.07) is 12.9. The fourth-order valence-electron chi connectivity index (χ4n) is 5.18. The Kier molecular flexibility index (Phi) is 4.73. The lowest BCUT2D eigenvalue weighted by atomic mass is 9.61. The van der Waals surface area contributed by atoms with E-state index in [1.165, 1.54) is 17.5 Å². The Morgan fingerprint density at radius 2 is 1.89 bits per heavy atom. The Morgan fingerprint density at radius 3 is 2.57 bits per heavy atom. The standard InChI is InChI=1S/C25H32N2O/c1-16(2)18-12-11-17-13-22(27-15-26-20-9-7-8-10-21(20)27)23(28-6)14-19(17)24(18)25(3,4)5/h7-10,13-16,18,24H,11-12H2,1-6H3. The van der Waals surface area contributed by atoms with Gasteiger partial charge in [0.15, 0.2) is 0 Å². The molecule has 0 fully saturated rings. The van der Waals surface area contributed by atoms with Crippen molar-refractivity contribution >= 4 is 11.0 Å². The molecule has 0 amide bonds. The van der Waals surface area contributed by atoms with Crippen molar-refractivity contribution in [3.05, 3.63) is 53.9 Å². The topological polar surface area (TPSA) is 27.1 Å². The largest absolute Gasteiger partial charge is 0.495 e. The average molecular weight is 377 g/mol. The molecule has 2 atom stereocenters. The molecule has 1 aliphatic carbocycles. The third-order valence-corrected chi connectivity index (χ3v) is 6.45. The maximum Gasteiger partial charge on any atom is 0.143 e. The number of aryl methyl sites for hydroxylation is 1. The lowest BCUT2D eigenvalue weighted by Crippen LogP contribution is -2.33. The van der Waals surface area contributed by atoms with Gasteiger partial charge in [-0.25, -0.2) is 4.98 Å². The Bertz CT molecular complexity index is 993. The van der Waals surface area contributed by atoms with Crippen molar-refractivity contribution < 1.29 is 4.74 Å². The first kappa shape index (κ1) is 19.0. The molecule has 1 aliphatic rings. The van der Waals surface area contributed by atoms with Crippen molar-refractivity contribution in [2.45, 2.75) is 53.4 Å². The number of aromatic nitrogens is 2. The third kappa shape index (κ3) is 3.11. The summed E-state index contributed by atoms with van der Waals surface area (Å²) in [5, 5.41) is 0. The molecule has 3 aromatic rings. The number of para-hydroxylation sites is 2. The summed E-state index contributed by atoms with van der Waals surface area (Å²) in [5.41, 5.74) is 6.37. The summed E-state index contributed by atoms with van der Waals surface area (Å²) < 4.78 is 8.05. The molecular formula is C25H32N2O. The maximum absolute atomic E-state index is 5.89. The molecule has 28 heavy (non-hydrogen) atoms.